The number of Topliss-reactive ketones (excluding diaryl/α,β-unsaturated/α-hetero) is 1. The fourth-order valence-corrected chi connectivity index (χ4v) is 4.29. The predicted octanol–water partition coefficient (Wildman–Crippen LogP) is -0.0436. The minimum absolute atomic E-state index is 0.0236. The number of aliphatic carboxylic acids is 1. The summed E-state index contributed by atoms with van der Waals surface area (Å²) in [6.45, 7) is 5.38. The van der Waals surface area contributed by atoms with Crippen molar-refractivity contribution in [2.75, 3.05) is 32.6 Å². The Kier molecular flexibility index (Phi) is 14.4. The summed E-state index contributed by atoms with van der Waals surface area (Å²) in [6.07, 6.45) is -3.68. The molecule has 1 aliphatic heterocycles. The van der Waals surface area contributed by atoms with Gasteiger partial charge in [0, 0.05) is 44.2 Å². The van der Waals surface area contributed by atoms with E-state index in [1.807, 2.05) is 0 Å². The summed E-state index contributed by atoms with van der Waals surface area (Å²) in [5.41, 5.74) is -0.734. The molecule has 1 aliphatic rings. The largest absolute Gasteiger partial charge is 0.481 e. The van der Waals surface area contributed by atoms with Crippen molar-refractivity contribution >= 4 is 40.4 Å². The molecule has 38 heavy (non-hydrogen) atoms. The highest BCUT2D eigenvalue weighted by atomic mass is 32.2. The zero-order chi connectivity index (χ0) is 28.9. The number of nitrogens with one attached hydrogen (secondary N) is 2. The summed E-state index contributed by atoms with van der Waals surface area (Å²) in [6, 6.07) is 0. The molecule has 0 aromatic rings. The van der Waals surface area contributed by atoms with Crippen LogP contribution in [0.5, 0.6) is 0 Å². The average molecular weight is 565 g/mol. The van der Waals surface area contributed by atoms with E-state index in [-0.39, 0.29) is 69.9 Å². The van der Waals surface area contributed by atoms with E-state index in [0.29, 0.717) is 0 Å². The zero-order valence-electron chi connectivity index (χ0n) is 22.3. The van der Waals surface area contributed by atoms with Crippen molar-refractivity contribution in [1.82, 2.24) is 10.6 Å². The van der Waals surface area contributed by atoms with Gasteiger partial charge < -0.3 is 40.2 Å². The smallest absolute Gasteiger partial charge is 0.303 e. The molecule has 0 aliphatic carbocycles. The van der Waals surface area contributed by atoms with Crippen molar-refractivity contribution in [3.05, 3.63) is 0 Å². The minimum Gasteiger partial charge on any atom is -0.481 e. The monoisotopic (exact) mass is 564 g/mol. The van der Waals surface area contributed by atoms with Gasteiger partial charge in [-0.25, -0.2) is 0 Å². The van der Waals surface area contributed by atoms with Crippen LogP contribution in [0.2, 0.25) is 0 Å². The lowest BCUT2D eigenvalue weighted by molar-refractivity contribution is -0.429. The number of carbonyl (C=O) groups is 5. The van der Waals surface area contributed by atoms with E-state index in [0.717, 1.165) is 11.8 Å². The number of aliphatic hydroxyl groups excluding tert-OH is 2. The van der Waals surface area contributed by atoms with E-state index in [1.165, 1.54) is 14.0 Å². The Morgan fingerprint density at radius 2 is 1.76 bits per heavy atom. The maximum atomic E-state index is 12.9. The summed E-state index contributed by atoms with van der Waals surface area (Å²) in [5.74, 6) is -3.80. The third-order valence-electron chi connectivity index (χ3n) is 5.62. The lowest BCUT2D eigenvalue weighted by Gasteiger charge is -2.47. The number of aliphatic hydroxyl groups is 2. The quantitative estimate of drug-likeness (QED) is 0.117. The average Bonchev–Trinajstić information content (AvgIpc) is 2.81. The van der Waals surface area contributed by atoms with Crippen LogP contribution >= 0.6 is 11.8 Å². The lowest BCUT2D eigenvalue weighted by Crippen LogP contribution is -2.60. The highest BCUT2D eigenvalue weighted by Crippen LogP contribution is 2.38. The SMILES string of the molecule is COC1(CC(O)CC(C)O)OCC(C)(C)[C@H](C(=O)NCCC(=O)NCCSC(=O)CC(=O)CCC(=O)O)O1. The number of amides is 2. The Balaban J connectivity index is 2.42. The normalized spacial score (nSPS) is 22.2. The summed E-state index contributed by atoms with van der Waals surface area (Å²) < 4.78 is 17.0. The minimum atomic E-state index is -1.67. The highest BCUT2D eigenvalue weighted by Gasteiger charge is 2.51. The Morgan fingerprint density at radius 3 is 2.37 bits per heavy atom. The van der Waals surface area contributed by atoms with Gasteiger partial charge in [-0.1, -0.05) is 25.6 Å². The number of methoxy groups -OCH3 is 1. The van der Waals surface area contributed by atoms with Crippen LogP contribution in [0, 0.1) is 5.41 Å². The molecule has 1 rings (SSSR count). The molecule has 0 aromatic heterocycles. The maximum absolute atomic E-state index is 12.9. The van der Waals surface area contributed by atoms with Gasteiger partial charge in [-0.3, -0.25) is 24.0 Å². The molecule has 0 saturated carbocycles. The molecule has 0 radical (unpaired) electrons. The van der Waals surface area contributed by atoms with Crippen molar-refractivity contribution in [1.29, 1.82) is 0 Å². The van der Waals surface area contributed by atoms with Crippen LogP contribution in [0.15, 0.2) is 0 Å². The molecule has 3 unspecified atom stereocenters. The van der Waals surface area contributed by atoms with Crippen LogP contribution in [0.1, 0.15) is 59.3 Å². The molecule has 0 spiro atoms. The zero-order valence-corrected chi connectivity index (χ0v) is 23.1. The number of carboxylic acids is 1. The number of ketones is 1. The second kappa shape index (κ2) is 16.1. The number of carboxylic acid groups (broad SMARTS) is 1. The van der Waals surface area contributed by atoms with E-state index in [1.54, 1.807) is 13.8 Å². The summed E-state index contributed by atoms with van der Waals surface area (Å²) in [4.78, 5) is 58.7. The molecule has 2 amide bonds. The van der Waals surface area contributed by atoms with E-state index in [4.69, 9.17) is 19.3 Å². The Labute approximate surface area is 226 Å². The molecule has 14 heteroatoms. The van der Waals surface area contributed by atoms with Gasteiger partial charge in [-0.15, -0.1) is 0 Å². The molecule has 0 aromatic carbocycles. The fourth-order valence-electron chi connectivity index (χ4n) is 3.60. The van der Waals surface area contributed by atoms with Gasteiger partial charge in [0.25, 0.3) is 5.97 Å². The third kappa shape index (κ3) is 12.6. The van der Waals surface area contributed by atoms with Gasteiger partial charge in [0.15, 0.2) is 5.12 Å². The number of ether oxygens (including phenoxy) is 3. The molecule has 218 valence electrons. The highest BCUT2D eigenvalue weighted by molar-refractivity contribution is 8.13. The van der Waals surface area contributed by atoms with Crippen LogP contribution in [0.4, 0.5) is 0 Å². The standard InChI is InChI=1S/C24H40N2O11S/c1-15(27)11-17(29)13-24(35-4)36-14-23(2,3)21(37-24)22(34)26-8-7-18(30)25-9-10-38-20(33)12-16(28)5-6-19(31)32/h15,17,21,27,29H,5-14H2,1-4H3,(H,25,30)(H,26,34)(H,31,32)/t15?,17?,21-,24?/m0/s1. The second-order valence-corrected chi connectivity index (χ2v) is 11.0. The van der Waals surface area contributed by atoms with E-state index >= 15 is 0 Å². The van der Waals surface area contributed by atoms with Gasteiger partial charge >= 0.3 is 5.97 Å². The van der Waals surface area contributed by atoms with Crippen molar-refractivity contribution in [2.45, 2.75) is 83.6 Å². The van der Waals surface area contributed by atoms with Gasteiger partial charge in [0.2, 0.25) is 11.8 Å². The first-order valence-electron chi connectivity index (χ1n) is 12.4. The van der Waals surface area contributed by atoms with E-state index in [9.17, 15) is 34.2 Å². The van der Waals surface area contributed by atoms with Crippen LogP contribution < -0.4 is 10.6 Å². The Hall–Kier alpha value is -2.10. The lowest BCUT2D eigenvalue weighted by atomic mass is 9.85. The number of thioether (sulfide) groups is 1. The number of hydrogen-bond donors (Lipinski definition) is 5. The molecule has 13 nitrogen and oxygen atoms in total. The molecule has 0 bridgehead atoms. The maximum Gasteiger partial charge on any atom is 0.303 e. The number of rotatable bonds is 17. The van der Waals surface area contributed by atoms with Crippen molar-refractivity contribution < 1.29 is 53.5 Å². The molecular formula is C24H40N2O11S. The van der Waals surface area contributed by atoms with Crippen LogP contribution in [-0.2, 0) is 38.2 Å². The topological polar surface area (TPSA) is 198 Å². The van der Waals surface area contributed by atoms with Gasteiger partial charge in [-0.2, -0.15) is 0 Å². The van der Waals surface area contributed by atoms with E-state index in [2.05, 4.69) is 10.6 Å². The molecule has 4 atom stereocenters. The Morgan fingerprint density at radius 1 is 1.08 bits per heavy atom. The van der Waals surface area contributed by atoms with Gasteiger partial charge in [0.1, 0.15) is 11.9 Å². The molecule has 1 heterocycles. The second-order valence-electron chi connectivity index (χ2n) is 9.83. The first-order chi connectivity index (χ1) is 17.7. The summed E-state index contributed by atoms with van der Waals surface area (Å²) >= 11 is 0.874. The van der Waals surface area contributed by atoms with Crippen molar-refractivity contribution in [2.24, 2.45) is 5.41 Å². The molecule has 1 saturated heterocycles. The van der Waals surface area contributed by atoms with Crippen LogP contribution in [0.3, 0.4) is 0 Å². The first-order valence-corrected chi connectivity index (χ1v) is 13.3. The molecule has 5 N–H and O–H groups in total. The van der Waals surface area contributed by atoms with Crippen LogP contribution in [0.25, 0.3) is 0 Å². The van der Waals surface area contributed by atoms with E-state index < -0.39 is 52.5 Å². The van der Waals surface area contributed by atoms with Crippen LogP contribution in [-0.4, -0.2) is 101 Å². The Bertz CT molecular complexity index is 836. The molecular weight excluding hydrogens is 524 g/mol. The third-order valence-corrected chi connectivity index (χ3v) is 6.49. The van der Waals surface area contributed by atoms with Crippen molar-refractivity contribution in [3.63, 3.8) is 0 Å². The number of carbonyl (C=O) groups excluding carboxylic acids is 4. The van der Waals surface area contributed by atoms with Gasteiger partial charge in [-0.05, 0) is 13.3 Å². The molecule has 1 fully saturated rings. The van der Waals surface area contributed by atoms with Gasteiger partial charge in [0.05, 0.1) is 38.1 Å². The van der Waals surface area contributed by atoms with Crippen molar-refractivity contribution in [3.8, 4) is 0 Å². The predicted molar refractivity (Wildman–Crippen MR) is 136 cm³/mol. The number of hydrogen-bond acceptors (Lipinski definition) is 11. The summed E-state index contributed by atoms with van der Waals surface area (Å²) in [5, 5.41) is 33.2. The first kappa shape index (κ1) is 33.9. The fraction of sp³-hybridized carbons (Fsp3) is 0.792. The summed E-state index contributed by atoms with van der Waals surface area (Å²) in [7, 11) is 1.33.